The second-order valence-corrected chi connectivity index (χ2v) is 6.88. The van der Waals surface area contributed by atoms with Crippen molar-refractivity contribution in [1.82, 2.24) is 15.1 Å². The van der Waals surface area contributed by atoms with Crippen molar-refractivity contribution in [3.63, 3.8) is 0 Å². The van der Waals surface area contributed by atoms with E-state index in [1.54, 1.807) is 10.9 Å². The van der Waals surface area contributed by atoms with Crippen molar-refractivity contribution in [3.05, 3.63) is 17.5 Å². The highest BCUT2D eigenvalue weighted by atomic mass is 16.1. The number of aryl methyl sites for hydroxylation is 2. The zero-order valence-electron chi connectivity index (χ0n) is 12.6. The van der Waals surface area contributed by atoms with Crippen LogP contribution in [0.15, 0.2) is 6.20 Å². The van der Waals surface area contributed by atoms with E-state index in [0.29, 0.717) is 5.56 Å². The van der Waals surface area contributed by atoms with Gasteiger partial charge in [-0.2, -0.15) is 5.10 Å². The first-order valence-corrected chi connectivity index (χ1v) is 6.33. The smallest absolute Gasteiger partial charge is 0.255 e. The van der Waals surface area contributed by atoms with Gasteiger partial charge >= 0.3 is 0 Å². The second kappa shape index (κ2) is 4.75. The fourth-order valence-electron chi connectivity index (χ4n) is 2.57. The summed E-state index contributed by atoms with van der Waals surface area (Å²) in [4.78, 5) is 12.2. The van der Waals surface area contributed by atoms with Gasteiger partial charge in [-0.15, -0.1) is 0 Å². The Balaban J connectivity index is 2.79. The summed E-state index contributed by atoms with van der Waals surface area (Å²) in [5.74, 6) is -0.0464. The number of nitrogens with one attached hydrogen (secondary N) is 1. The average molecular weight is 251 g/mol. The zero-order chi connectivity index (χ0) is 14.1. The molecule has 0 bridgehead atoms. The fraction of sp³-hybridized carbons (Fsp3) is 0.714. The third kappa shape index (κ3) is 4.17. The van der Waals surface area contributed by atoms with Crippen LogP contribution in [0.25, 0.3) is 0 Å². The number of hydrogen-bond donors (Lipinski definition) is 1. The molecule has 18 heavy (non-hydrogen) atoms. The topological polar surface area (TPSA) is 46.9 Å². The summed E-state index contributed by atoms with van der Waals surface area (Å²) in [5, 5.41) is 7.28. The molecule has 0 aliphatic rings. The largest absolute Gasteiger partial charge is 0.347 e. The van der Waals surface area contributed by atoms with Gasteiger partial charge < -0.3 is 5.32 Å². The molecule has 0 fully saturated rings. The molecule has 1 heterocycles. The molecule has 0 aliphatic carbocycles. The first kappa shape index (κ1) is 14.7. The van der Waals surface area contributed by atoms with Gasteiger partial charge in [0.2, 0.25) is 0 Å². The average Bonchev–Trinajstić information content (AvgIpc) is 2.39. The van der Waals surface area contributed by atoms with Crippen LogP contribution in [0.4, 0.5) is 0 Å². The highest BCUT2D eigenvalue weighted by Gasteiger charge is 2.28. The predicted octanol–water partition coefficient (Wildman–Crippen LogP) is 2.67. The van der Waals surface area contributed by atoms with Crippen LogP contribution in [-0.2, 0) is 7.05 Å². The lowest BCUT2D eigenvalue weighted by Gasteiger charge is -2.33. The number of rotatable bonds is 3. The summed E-state index contributed by atoms with van der Waals surface area (Å²) in [6.45, 7) is 12.5. The molecule has 0 saturated heterocycles. The Kier molecular flexibility index (Phi) is 3.89. The molecule has 4 nitrogen and oxygen atoms in total. The van der Waals surface area contributed by atoms with E-state index in [1.807, 2.05) is 14.0 Å². The van der Waals surface area contributed by atoms with Gasteiger partial charge in [-0.3, -0.25) is 9.48 Å². The minimum Gasteiger partial charge on any atom is -0.347 e. The third-order valence-electron chi connectivity index (χ3n) is 2.68. The van der Waals surface area contributed by atoms with Crippen LogP contribution in [0.3, 0.4) is 0 Å². The van der Waals surface area contributed by atoms with Gasteiger partial charge in [0.05, 0.1) is 11.3 Å². The summed E-state index contributed by atoms with van der Waals surface area (Å²) in [5.41, 5.74) is 1.37. The molecule has 102 valence electrons. The monoisotopic (exact) mass is 251 g/mol. The standard InChI is InChI=1S/C14H25N3O/c1-10-11(8-17(7)16-10)12(18)15-14(5,6)9-13(2,3)4/h8H,9H2,1-7H3,(H,15,18). The van der Waals surface area contributed by atoms with Crippen molar-refractivity contribution in [3.8, 4) is 0 Å². The molecule has 1 amide bonds. The minimum absolute atomic E-state index is 0.0464. The van der Waals surface area contributed by atoms with E-state index in [4.69, 9.17) is 0 Å². The number of carbonyl (C=O) groups is 1. The molecule has 0 aromatic carbocycles. The van der Waals surface area contributed by atoms with Gasteiger partial charge in [0.15, 0.2) is 0 Å². The van der Waals surface area contributed by atoms with Crippen molar-refractivity contribution < 1.29 is 4.79 Å². The highest BCUT2D eigenvalue weighted by Crippen LogP contribution is 2.27. The number of hydrogen-bond acceptors (Lipinski definition) is 2. The molecule has 1 N–H and O–H groups in total. The van der Waals surface area contributed by atoms with Crippen LogP contribution in [0, 0.1) is 12.3 Å². The quantitative estimate of drug-likeness (QED) is 0.897. The lowest BCUT2D eigenvalue weighted by molar-refractivity contribution is 0.0891. The first-order valence-electron chi connectivity index (χ1n) is 6.33. The van der Waals surface area contributed by atoms with Crippen LogP contribution in [0.5, 0.6) is 0 Å². The Morgan fingerprint density at radius 3 is 2.28 bits per heavy atom. The van der Waals surface area contributed by atoms with Gasteiger partial charge in [-0.1, -0.05) is 20.8 Å². The summed E-state index contributed by atoms with van der Waals surface area (Å²) < 4.78 is 1.67. The van der Waals surface area contributed by atoms with Crippen LogP contribution < -0.4 is 5.32 Å². The van der Waals surface area contributed by atoms with Crippen molar-refractivity contribution >= 4 is 5.91 Å². The van der Waals surface area contributed by atoms with E-state index in [-0.39, 0.29) is 16.9 Å². The van der Waals surface area contributed by atoms with Crippen LogP contribution in [0.1, 0.15) is 57.1 Å². The highest BCUT2D eigenvalue weighted by molar-refractivity contribution is 5.95. The first-order chi connectivity index (χ1) is 8.00. The number of nitrogens with zero attached hydrogens (tertiary/aromatic N) is 2. The SMILES string of the molecule is Cc1nn(C)cc1C(=O)NC(C)(C)CC(C)(C)C. The summed E-state index contributed by atoms with van der Waals surface area (Å²) in [6, 6.07) is 0. The summed E-state index contributed by atoms with van der Waals surface area (Å²) >= 11 is 0. The Morgan fingerprint density at radius 2 is 1.89 bits per heavy atom. The molecule has 1 aromatic heterocycles. The Morgan fingerprint density at radius 1 is 1.33 bits per heavy atom. The molecule has 0 saturated carbocycles. The Bertz CT molecular complexity index is 438. The maximum absolute atomic E-state index is 12.2. The van der Waals surface area contributed by atoms with Gasteiger partial charge in [-0.05, 0) is 32.6 Å². The summed E-state index contributed by atoms with van der Waals surface area (Å²) in [6.07, 6.45) is 2.68. The maximum Gasteiger partial charge on any atom is 0.255 e. The predicted molar refractivity (Wildman–Crippen MR) is 73.6 cm³/mol. The summed E-state index contributed by atoms with van der Waals surface area (Å²) in [7, 11) is 1.82. The molecule has 1 aromatic rings. The van der Waals surface area contributed by atoms with Crippen LogP contribution in [0.2, 0.25) is 0 Å². The van der Waals surface area contributed by atoms with E-state index in [1.165, 1.54) is 0 Å². The maximum atomic E-state index is 12.2. The fourth-order valence-corrected chi connectivity index (χ4v) is 2.57. The molecular formula is C14H25N3O. The van der Waals surface area contributed by atoms with Crippen LogP contribution in [-0.4, -0.2) is 21.2 Å². The molecule has 0 spiro atoms. The lowest BCUT2D eigenvalue weighted by atomic mass is 9.81. The van der Waals surface area contributed by atoms with E-state index >= 15 is 0 Å². The molecule has 0 radical (unpaired) electrons. The third-order valence-corrected chi connectivity index (χ3v) is 2.68. The molecular weight excluding hydrogens is 226 g/mol. The Labute approximate surface area is 110 Å². The van der Waals surface area contributed by atoms with Crippen molar-refractivity contribution in [2.24, 2.45) is 12.5 Å². The Hall–Kier alpha value is -1.32. The second-order valence-electron chi connectivity index (χ2n) is 6.88. The normalized spacial score (nSPS) is 12.6. The van der Waals surface area contributed by atoms with E-state index in [2.05, 4.69) is 45.0 Å². The molecule has 1 rings (SSSR count). The van der Waals surface area contributed by atoms with Crippen molar-refractivity contribution in [2.45, 2.75) is 53.5 Å². The van der Waals surface area contributed by atoms with E-state index in [9.17, 15) is 4.79 Å². The minimum atomic E-state index is -0.225. The lowest BCUT2D eigenvalue weighted by Crippen LogP contribution is -2.45. The van der Waals surface area contributed by atoms with Crippen molar-refractivity contribution in [1.29, 1.82) is 0 Å². The number of carbonyl (C=O) groups excluding carboxylic acids is 1. The van der Waals surface area contributed by atoms with E-state index < -0.39 is 0 Å². The van der Waals surface area contributed by atoms with Crippen molar-refractivity contribution in [2.75, 3.05) is 0 Å². The molecule has 0 atom stereocenters. The molecule has 0 unspecified atom stereocenters. The molecule has 4 heteroatoms. The zero-order valence-corrected chi connectivity index (χ0v) is 12.6. The number of aromatic nitrogens is 2. The van der Waals surface area contributed by atoms with Crippen LogP contribution >= 0.6 is 0 Å². The van der Waals surface area contributed by atoms with E-state index in [0.717, 1.165) is 12.1 Å². The number of amides is 1. The van der Waals surface area contributed by atoms with Gasteiger partial charge in [-0.25, -0.2) is 0 Å². The van der Waals surface area contributed by atoms with Gasteiger partial charge in [0.25, 0.3) is 5.91 Å². The van der Waals surface area contributed by atoms with Gasteiger partial charge in [0, 0.05) is 18.8 Å². The van der Waals surface area contributed by atoms with Gasteiger partial charge in [0.1, 0.15) is 0 Å². The molecule has 0 aliphatic heterocycles.